The van der Waals surface area contributed by atoms with Crippen molar-refractivity contribution in [3.63, 3.8) is 0 Å². The molecule has 80 valence electrons. The highest BCUT2D eigenvalue weighted by molar-refractivity contribution is 7.05. The Morgan fingerprint density at radius 3 is 2.93 bits per heavy atom. The van der Waals surface area contributed by atoms with E-state index in [4.69, 9.17) is 10.5 Å². The maximum atomic E-state index is 5.96. The van der Waals surface area contributed by atoms with Gasteiger partial charge in [-0.15, -0.1) is 5.10 Å². The van der Waals surface area contributed by atoms with E-state index in [0.717, 1.165) is 23.4 Å². The van der Waals surface area contributed by atoms with Crippen molar-refractivity contribution in [2.75, 3.05) is 13.2 Å². The van der Waals surface area contributed by atoms with Crippen molar-refractivity contribution >= 4 is 11.5 Å². The first kappa shape index (κ1) is 11.6. The van der Waals surface area contributed by atoms with Crippen molar-refractivity contribution in [2.45, 2.75) is 32.7 Å². The van der Waals surface area contributed by atoms with Crippen LogP contribution in [0.1, 0.15) is 36.9 Å². The minimum atomic E-state index is -0.0727. The van der Waals surface area contributed by atoms with Crippen LogP contribution in [-0.2, 0) is 11.2 Å². The Kier molecular flexibility index (Phi) is 5.00. The molecule has 0 saturated heterocycles. The zero-order chi connectivity index (χ0) is 10.4. The Bertz CT molecular complexity index is 264. The second kappa shape index (κ2) is 6.06. The van der Waals surface area contributed by atoms with Gasteiger partial charge in [0.15, 0.2) is 0 Å². The van der Waals surface area contributed by atoms with Crippen LogP contribution in [0, 0.1) is 0 Å². The molecule has 1 unspecified atom stereocenters. The summed E-state index contributed by atoms with van der Waals surface area (Å²) in [5.74, 6) is 0. The fourth-order valence-corrected chi connectivity index (χ4v) is 1.91. The van der Waals surface area contributed by atoms with Crippen LogP contribution in [0.2, 0.25) is 0 Å². The molecule has 1 atom stereocenters. The molecule has 0 saturated carbocycles. The number of aryl methyl sites for hydroxylation is 1. The molecule has 0 bridgehead atoms. The number of hydrogen-bond donors (Lipinski definition) is 1. The fourth-order valence-electron chi connectivity index (χ4n) is 1.23. The van der Waals surface area contributed by atoms with E-state index in [1.807, 2.05) is 6.92 Å². The van der Waals surface area contributed by atoms with Crippen LogP contribution in [0.3, 0.4) is 0 Å². The lowest BCUT2D eigenvalue weighted by Crippen LogP contribution is -2.17. The average Bonchev–Trinajstić information content (AvgIpc) is 2.63. The highest BCUT2D eigenvalue weighted by Crippen LogP contribution is 2.19. The summed E-state index contributed by atoms with van der Waals surface area (Å²) in [6.45, 7) is 5.34. The minimum Gasteiger partial charge on any atom is -0.380 e. The first-order chi connectivity index (χ1) is 6.79. The second-order valence-electron chi connectivity index (χ2n) is 3.10. The lowest BCUT2D eigenvalue weighted by atomic mass is 10.1. The van der Waals surface area contributed by atoms with Crippen molar-refractivity contribution in [2.24, 2.45) is 5.73 Å². The van der Waals surface area contributed by atoms with Crippen LogP contribution < -0.4 is 5.73 Å². The fraction of sp³-hybridized carbons (Fsp3) is 0.778. The molecule has 0 aliphatic heterocycles. The first-order valence-electron chi connectivity index (χ1n) is 4.94. The predicted molar refractivity (Wildman–Crippen MR) is 57.3 cm³/mol. The van der Waals surface area contributed by atoms with Gasteiger partial charge in [-0.2, -0.15) is 0 Å². The summed E-state index contributed by atoms with van der Waals surface area (Å²) in [7, 11) is 0. The average molecular weight is 215 g/mol. The van der Waals surface area contributed by atoms with E-state index in [0.29, 0.717) is 13.2 Å². The number of nitrogens with zero attached hydrogens (tertiary/aromatic N) is 2. The highest BCUT2D eigenvalue weighted by Gasteiger charge is 2.14. The van der Waals surface area contributed by atoms with Gasteiger partial charge < -0.3 is 10.5 Å². The molecular formula is C9H17N3OS. The van der Waals surface area contributed by atoms with Crippen LogP contribution in [0.15, 0.2) is 0 Å². The third-order valence-electron chi connectivity index (χ3n) is 1.91. The van der Waals surface area contributed by atoms with Gasteiger partial charge in [0.2, 0.25) is 0 Å². The molecule has 0 radical (unpaired) electrons. The molecule has 1 aromatic heterocycles. The van der Waals surface area contributed by atoms with E-state index in [2.05, 4.69) is 16.5 Å². The molecule has 14 heavy (non-hydrogen) atoms. The Hall–Kier alpha value is -0.520. The van der Waals surface area contributed by atoms with Gasteiger partial charge in [0, 0.05) is 6.61 Å². The third kappa shape index (κ3) is 3.01. The van der Waals surface area contributed by atoms with Crippen LogP contribution in [0.4, 0.5) is 0 Å². The number of nitrogens with two attached hydrogens (primary N) is 1. The Balaban J connectivity index is 2.58. The van der Waals surface area contributed by atoms with Gasteiger partial charge in [-0.3, -0.25) is 0 Å². The Morgan fingerprint density at radius 2 is 2.29 bits per heavy atom. The van der Waals surface area contributed by atoms with Gasteiger partial charge in [0.05, 0.1) is 23.2 Å². The summed E-state index contributed by atoms with van der Waals surface area (Å²) >= 11 is 1.38. The molecule has 0 spiro atoms. The molecule has 0 amide bonds. The molecule has 4 nitrogen and oxygen atoms in total. The zero-order valence-corrected chi connectivity index (χ0v) is 9.51. The van der Waals surface area contributed by atoms with Crippen LogP contribution in [0.25, 0.3) is 0 Å². The molecule has 0 aliphatic rings. The van der Waals surface area contributed by atoms with Crippen molar-refractivity contribution in [3.8, 4) is 0 Å². The van der Waals surface area contributed by atoms with E-state index in [9.17, 15) is 0 Å². The minimum absolute atomic E-state index is 0.0727. The van der Waals surface area contributed by atoms with Crippen LogP contribution in [0.5, 0.6) is 0 Å². The van der Waals surface area contributed by atoms with Crippen LogP contribution >= 0.6 is 11.5 Å². The third-order valence-corrected chi connectivity index (χ3v) is 2.81. The van der Waals surface area contributed by atoms with E-state index in [-0.39, 0.29) is 6.04 Å². The van der Waals surface area contributed by atoms with Crippen molar-refractivity contribution in [1.82, 2.24) is 9.59 Å². The van der Waals surface area contributed by atoms with E-state index < -0.39 is 0 Å². The zero-order valence-electron chi connectivity index (χ0n) is 8.69. The quantitative estimate of drug-likeness (QED) is 0.781. The molecule has 1 rings (SSSR count). The summed E-state index contributed by atoms with van der Waals surface area (Å²) in [6.07, 6.45) is 2.02. The molecule has 0 aromatic carbocycles. The van der Waals surface area contributed by atoms with Gasteiger partial charge >= 0.3 is 0 Å². The lowest BCUT2D eigenvalue weighted by Gasteiger charge is -2.09. The molecule has 2 N–H and O–H groups in total. The molecule has 0 aliphatic carbocycles. The number of rotatable bonds is 6. The maximum absolute atomic E-state index is 5.96. The number of aromatic nitrogens is 2. The van der Waals surface area contributed by atoms with Gasteiger partial charge in [-0.05, 0) is 24.9 Å². The lowest BCUT2D eigenvalue weighted by molar-refractivity contribution is 0.134. The summed E-state index contributed by atoms with van der Waals surface area (Å²) in [4.78, 5) is 1.07. The topological polar surface area (TPSA) is 61.0 Å². The number of hydrogen-bond acceptors (Lipinski definition) is 5. The highest BCUT2D eigenvalue weighted by atomic mass is 32.1. The van der Waals surface area contributed by atoms with Gasteiger partial charge in [0.25, 0.3) is 0 Å². The first-order valence-corrected chi connectivity index (χ1v) is 5.71. The SMILES string of the molecule is CCCc1nnsc1C(N)COCC. The van der Waals surface area contributed by atoms with Crippen molar-refractivity contribution < 1.29 is 4.74 Å². The van der Waals surface area contributed by atoms with E-state index in [1.54, 1.807) is 0 Å². The summed E-state index contributed by atoms with van der Waals surface area (Å²) in [6, 6.07) is -0.0727. The summed E-state index contributed by atoms with van der Waals surface area (Å²) in [5, 5.41) is 4.07. The molecule has 5 heteroatoms. The summed E-state index contributed by atoms with van der Waals surface area (Å²) < 4.78 is 9.20. The van der Waals surface area contributed by atoms with E-state index >= 15 is 0 Å². The Labute approximate surface area is 88.6 Å². The second-order valence-corrected chi connectivity index (χ2v) is 3.89. The monoisotopic (exact) mass is 215 g/mol. The Morgan fingerprint density at radius 1 is 1.50 bits per heavy atom. The van der Waals surface area contributed by atoms with Gasteiger partial charge in [0.1, 0.15) is 0 Å². The standard InChI is InChI=1S/C9H17N3OS/c1-3-5-8-9(14-12-11-8)7(10)6-13-4-2/h7H,3-6,10H2,1-2H3. The number of ether oxygens (including phenoxy) is 1. The molecule has 0 fully saturated rings. The van der Waals surface area contributed by atoms with Crippen molar-refractivity contribution in [1.29, 1.82) is 0 Å². The normalized spacial score (nSPS) is 13.1. The van der Waals surface area contributed by atoms with Gasteiger partial charge in [-0.25, -0.2) is 0 Å². The van der Waals surface area contributed by atoms with Crippen molar-refractivity contribution in [3.05, 3.63) is 10.6 Å². The molecule has 1 heterocycles. The van der Waals surface area contributed by atoms with Crippen LogP contribution in [-0.4, -0.2) is 22.8 Å². The van der Waals surface area contributed by atoms with E-state index in [1.165, 1.54) is 11.5 Å². The van der Waals surface area contributed by atoms with Gasteiger partial charge in [-0.1, -0.05) is 17.8 Å². The molecule has 1 aromatic rings. The maximum Gasteiger partial charge on any atom is 0.0804 e. The predicted octanol–water partition coefficient (Wildman–Crippen LogP) is 1.53. The summed E-state index contributed by atoms with van der Waals surface area (Å²) in [5.41, 5.74) is 6.99. The molecular weight excluding hydrogens is 198 g/mol. The smallest absolute Gasteiger partial charge is 0.0804 e. The largest absolute Gasteiger partial charge is 0.380 e.